The van der Waals surface area contributed by atoms with E-state index in [9.17, 15) is 5.11 Å². The molecule has 2 rings (SSSR count). The van der Waals surface area contributed by atoms with Crippen molar-refractivity contribution >= 4 is 44.1 Å². The zero-order valence-electron chi connectivity index (χ0n) is 9.98. The predicted molar refractivity (Wildman–Crippen MR) is 87.6 cm³/mol. The number of benzene rings is 2. The topological polar surface area (TPSA) is 32.6 Å². The highest BCUT2D eigenvalue weighted by Crippen LogP contribution is 2.28. The number of thiol groups is 3. The maximum absolute atomic E-state index is 9.86. The first-order chi connectivity index (χ1) is 9.08. The second-order valence-corrected chi connectivity index (χ2v) is 5.48. The average molecular weight is 307 g/mol. The van der Waals surface area contributed by atoms with Crippen molar-refractivity contribution in [1.82, 2.24) is 0 Å². The van der Waals surface area contributed by atoms with Crippen LogP contribution >= 0.6 is 37.9 Å². The highest BCUT2D eigenvalue weighted by atomic mass is 32.1. The molecule has 0 heterocycles. The fourth-order valence-electron chi connectivity index (χ4n) is 1.61. The van der Waals surface area contributed by atoms with Crippen molar-refractivity contribution in [2.45, 2.75) is 21.2 Å². The van der Waals surface area contributed by atoms with Gasteiger partial charge in [-0.15, -0.1) is 37.9 Å². The zero-order valence-corrected chi connectivity index (χ0v) is 12.7. The molecule has 0 unspecified atom stereocenters. The number of nitrogens with zero attached hydrogens (tertiary/aromatic N) is 1. The van der Waals surface area contributed by atoms with Gasteiger partial charge in [0.15, 0.2) is 0 Å². The van der Waals surface area contributed by atoms with Gasteiger partial charge in [0, 0.05) is 26.5 Å². The lowest BCUT2D eigenvalue weighted by atomic mass is 10.2. The Morgan fingerprint density at radius 2 is 1.79 bits per heavy atom. The van der Waals surface area contributed by atoms with Gasteiger partial charge in [-0.25, -0.2) is 0 Å². The number of aromatic hydroxyl groups is 1. The van der Waals surface area contributed by atoms with Crippen LogP contribution in [0.15, 0.2) is 56.1 Å². The van der Waals surface area contributed by atoms with Crippen molar-refractivity contribution in [3.63, 3.8) is 0 Å². The first-order valence-corrected chi connectivity index (χ1v) is 6.93. The number of hydrogen-bond donors (Lipinski definition) is 4. The van der Waals surface area contributed by atoms with Crippen molar-refractivity contribution in [1.29, 1.82) is 0 Å². The Hall–Kier alpha value is -1.04. The highest BCUT2D eigenvalue weighted by Gasteiger charge is 2.04. The summed E-state index contributed by atoms with van der Waals surface area (Å²) in [5.74, 6) is 0.115. The van der Waals surface area contributed by atoms with Crippen LogP contribution in [0.3, 0.4) is 0 Å². The van der Waals surface area contributed by atoms with Crippen LogP contribution in [-0.4, -0.2) is 11.3 Å². The van der Waals surface area contributed by atoms with Gasteiger partial charge in [0.25, 0.3) is 0 Å². The number of hydrogen-bond acceptors (Lipinski definition) is 5. The lowest BCUT2D eigenvalue weighted by molar-refractivity contribution is 0.461. The molecule has 0 bridgehead atoms. The van der Waals surface area contributed by atoms with E-state index in [1.165, 1.54) is 0 Å². The first-order valence-electron chi connectivity index (χ1n) is 5.59. The van der Waals surface area contributed by atoms with Gasteiger partial charge in [-0.3, -0.25) is 4.99 Å². The summed E-state index contributed by atoms with van der Waals surface area (Å²) in [6.45, 7) is 0.512. The first kappa shape index (κ1) is 14.4. The van der Waals surface area contributed by atoms with E-state index in [0.29, 0.717) is 17.0 Å². The van der Waals surface area contributed by atoms with E-state index in [-0.39, 0.29) is 5.75 Å². The summed E-state index contributed by atoms with van der Waals surface area (Å²) < 4.78 is 0. The molecule has 0 amide bonds. The van der Waals surface area contributed by atoms with Crippen molar-refractivity contribution in [3.05, 3.63) is 47.5 Å². The molecule has 19 heavy (non-hydrogen) atoms. The van der Waals surface area contributed by atoms with Crippen LogP contribution in [0.25, 0.3) is 0 Å². The van der Waals surface area contributed by atoms with Crippen molar-refractivity contribution in [2.75, 3.05) is 0 Å². The van der Waals surface area contributed by atoms with E-state index in [1.54, 1.807) is 18.3 Å². The number of aliphatic imine (C=N–C) groups is 1. The molecule has 0 aliphatic heterocycles. The molecular weight excluding hydrogens is 294 g/mol. The van der Waals surface area contributed by atoms with Gasteiger partial charge >= 0.3 is 0 Å². The maximum Gasteiger partial charge on any atom is 0.137 e. The Morgan fingerprint density at radius 1 is 1.05 bits per heavy atom. The molecule has 2 nitrogen and oxygen atoms in total. The van der Waals surface area contributed by atoms with Crippen LogP contribution in [-0.2, 0) is 6.54 Å². The van der Waals surface area contributed by atoms with Crippen LogP contribution in [0, 0.1) is 0 Å². The Balaban J connectivity index is 2.18. The second-order valence-electron chi connectivity index (χ2n) is 4.00. The van der Waals surface area contributed by atoms with Crippen LogP contribution in [0.1, 0.15) is 11.1 Å². The number of phenols is 1. The van der Waals surface area contributed by atoms with E-state index >= 15 is 0 Å². The monoisotopic (exact) mass is 307 g/mol. The molecule has 0 saturated carbocycles. The van der Waals surface area contributed by atoms with E-state index in [0.717, 1.165) is 15.4 Å². The Morgan fingerprint density at radius 3 is 2.53 bits per heavy atom. The summed E-state index contributed by atoms with van der Waals surface area (Å²) in [5, 5.41) is 9.86. The molecule has 0 aromatic heterocycles. The third-order valence-corrected chi connectivity index (χ3v) is 3.62. The van der Waals surface area contributed by atoms with Crippen molar-refractivity contribution in [3.8, 4) is 5.75 Å². The van der Waals surface area contributed by atoms with Crippen molar-refractivity contribution < 1.29 is 5.11 Å². The highest BCUT2D eigenvalue weighted by molar-refractivity contribution is 7.81. The standard InChI is InChI=1S/C14H13NOS3/c16-14-10(5-11(17)6-13(14)19)8-15-7-9-3-1-2-4-12(9)18/h1-6,8,16-19H,7H2. The fourth-order valence-corrected chi connectivity index (χ4v) is 2.48. The van der Waals surface area contributed by atoms with Gasteiger partial charge in [-0.05, 0) is 23.8 Å². The molecule has 0 atom stereocenters. The van der Waals surface area contributed by atoms with Gasteiger partial charge in [-0.2, -0.15) is 0 Å². The van der Waals surface area contributed by atoms with Crippen LogP contribution in [0.2, 0.25) is 0 Å². The van der Waals surface area contributed by atoms with Crippen LogP contribution in [0.5, 0.6) is 5.75 Å². The number of phenolic OH excluding ortho intramolecular Hbond substituents is 1. The molecule has 0 aliphatic rings. The van der Waals surface area contributed by atoms with E-state index in [4.69, 9.17) is 0 Å². The summed E-state index contributed by atoms with van der Waals surface area (Å²) in [6, 6.07) is 11.2. The van der Waals surface area contributed by atoms with Gasteiger partial charge in [0.1, 0.15) is 5.75 Å². The molecule has 0 aliphatic carbocycles. The van der Waals surface area contributed by atoms with Gasteiger partial charge < -0.3 is 5.11 Å². The number of rotatable bonds is 3. The van der Waals surface area contributed by atoms with Crippen molar-refractivity contribution in [2.24, 2.45) is 4.99 Å². The van der Waals surface area contributed by atoms with E-state index in [1.807, 2.05) is 24.3 Å². The second kappa shape index (κ2) is 6.41. The third kappa shape index (κ3) is 3.72. The minimum absolute atomic E-state index is 0.115. The smallest absolute Gasteiger partial charge is 0.137 e. The predicted octanol–water partition coefficient (Wildman–Crippen LogP) is 3.88. The zero-order chi connectivity index (χ0) is 13.8. The molecule has 1 N–H and O–H groups in total. The Kier molecular flexibility index (Phi) is 4.85. The largest absolute Gasteiger partial charge is 0.506 e. The van der Waals surface area contributed by atoms with E-state index in [2.05, 4.69) is 42.9 Å². The fraction of sp³-hybridized carbons (Fsp3) is 0.0714. The minimum Gasteiger partial charge on any atom is -0.506 e. The van der Waals surface area contributed by atoms with Crippen LogP contribution < -0.4 is 0 Å². The summed E-state index contributed by atoms with van der Waals surface area (Å²) in [7, 11) is 0. The van der Waals surface area contributed by atoms with Crippen LogP contribution in [0.4, 0.5) is 0 Å². The third-order valence-electron chi connectivity index (χ3n) is 2.59. The molecule has 98 valence electrons. The van der Waals surface area contributed by atoms with E-state index < -0.39 is 0 Å². The SMILES string of the molecule is Oc1c(S)cc(S)cc1C=NCc1ccccc1S. The average Bonchev–Trinajstić information content (AvgIpc) is 2.37. The van der Waals surface area contributed by atoms with Gasteiger partial charge in [-0.1, -0.05) is 18.2 Å². The van der Waals surface area contributed by atoms with Gasteiger partial charge in [0.05, 0.1) is 6.54 Å². The quantitative estimate of drug-likeness (QED) is 0.504. The summed E-state index contributed by atoms with van der Waals surface area (Å²) in [6.07, 6.45) is 1.62. The molecular formula is C14H13NOS3. The Labute approximate surface area is 128 Å². The lowest BCUT2D eigenvalue weighted by Gasteiger charge is -2.04. The molecule has 0 radical (unpaired) electrons. The molecule has 0 spiro atoms. The summed E-state index contributed by atoms with van der Waals surface area (Å²) in [4.78, 5) is 6.44. The lowest BCUT2D eigenvalue weighted by Crippen LogP contribution is -1.88. The molecule has 2 aromatic carbocycles. The summed E-state index contributed by atoms with van der Waals surface area (Å²) >= 11 is 12.8. The molecule has 2 aromatic rings. The maximum atomic E-state index is 9.86. The van der Waals surface area contributed by atoms with Gasteiger partial charge in [0.2, 0.25) is 0 Å². The Bertz CT molecular complexity index is 626. The normalized spacial score (nSPS) is 11.1. The molecule has 0 fully saturated rings. The minimum atomic E-state index is 0.115. The molecule has 0 saturated heterocycles. The summed E-state index contributed by atoms with van der Waals surface area (Å²) in [5.41, 5.74) is 1.64. The molecule has 5 heteroatoms.